The number of hydrogen-bond acceptors (Lipinski definition) is 5. The van der Waals surface area contributed by atoms with Crippen LogP contribution in [0.15, 0.2) is 48.5 Å². The fourth-order valence-electron chi connectivity index (χ4n) is 3.31. The summed E-state index contributed by atoms with van der Waals surface area (Å²) in [7, 11) is 0. The van der Waals surface area contributed by atoms with Crippen molar-refractivity contribution in [1.29, 1.82) is 5.26 Å². The summed E-state index contributed by atoms with van der Waals surface area (Å²) in [5.74, 6) is 0.892. The molecule has 1 saturated heterocycles. The molecule has 0 saturated carbocycles. The van der Waals surface area contributed by atoms with Gasteiger partial charge in [0, 0.05) is 32.7 Å². The van der Waals surface area contributed by atoms with E-state index in [1.807, 2.05) is 53.4 Å². The number of rotatable bonds is 7. The topological polar surface area (TPSA) is 82.6 Å². The molecule has 1 amide bonds. The van der Waals surface area contributed by atoms with E-state index in [9.17, 15) is 4.79 Å². The van der Waals surface area contributed by atoms with Gasteiger partial charge in [-0.1, -0.05) is 24.3 Å². The maximum absolute atomic E-state index is 11.6. The molecule has 0 spiro atoms. The Kier molecular flexibility index (Phi) is 7.01. The number of nitrogens with two attached hydrogens (primary N) is 1. The first kappa shape index (κ1) is 19.9. The highest BCUT2D eigenvalue weighted by atomic mass is 16.5. The third-order valence-electron chi connectivity index (χ3n) is 4.99. The molecule has 1 aliphatic rings. The molecule has 0 bridgehead atoms. The van der Waals surface area contributed by atoms with E-state index >= 15 is 0 Å². The van der Waals surface area contributed by atoms with Gasteiger partial charge in [-0.3, -0.25) is 9.69 Å². The summed E-state index contributed by atoms with van der Waals surface area (Å²) in [6.07, 6.45) is 0.947. The third-order valence-corrected chi connectivity index (χ3v) is 4.99. The molecular formula is C22H26N4O2. The molecule has 2 aromatic carbocycles. The molecule has 146 valence electrons. The van der Waals surface area contributed by atoms with Gasteiger partial charge in [0.05, 0.1) is 24.8 Å². The normalized spacial score (nSPS) is 14.5. The molecular weight excluding hydrogens is 352 g/mol. The van der Waals surface area contributed by atoms with Crippen molar-refractivity contribution in [2.24, 2.45) is 5.73 Å². The third kappa shape index (κ3) is 5.32. The highest BCUT2D eigenvalue weighted by molar-refractivity contribution is 5.78. The first-order chi connectivity index (χ1) is 13.7. The van der Waals surface area contributed by atoms with Crippen LogP contribution in [0.3, 0.4) is 0 Å². The lowest BCUT2D eigenvalue weighted by Crippen LogP contribution is -2.50. The van der Waals surface area contributed by atoms with Crippen LogP contribution in [0, 0.1) is 11.3 Å². The van der Waals surface area contributed by atoms with Crippen LogP contribution in [0.5, 0.6) is 5.75 Å². The largest absolute Gasteiger partial charge is 0.494 e. The Labute approximate surface area is 166 Å². The molecule has 0 radical (unpaired) electrons. The molecule has 3 rings (SSSR count). The summed E-state index contributed by atoms with van der Waals surface area (Å²) in [4.78, 5) is 15.8. The summed E-state index contributed by atoms with van der Waals surface area (Å²) in [6.45, 7) is 5.03. The molecule has 0 unspecified atom stereocenters. The number of nitriles is 1. The van der Waals surface area contributed by atoms with E-state index in [1.165, 1.54) is 0 Å². The van der Waals surface area contributed by atoms with Gasteiger partial charge in [0.1, 0.15) is 5.75 Å². The standard InChI is InChI=1S/C22H26N4O2/c23-16-18-2-4-19(5-3-18)20-6-8-21(9-7-20)28-15-1-10-25-11-13-26(14-12-25)22(27)17-24/h2-9H,1,10-15,17,24H2. The Morgan fingerprint density at radius 1 is 1.00 bits per heavy atom. The predicted octanol–water partition coefficient (Wildman–Crippen LogP) is 2.10. The zero-order chi connectivity index (χ0) is 19.8. The van der Waals surface area contributed by atoms with Crippen molar-refractivity contribution in [3.05, 3.63) is 54.1 Å². The summed E-state index contributed by atoms with van der Waals surface area (Å²) in [6, 6.07) is 17.7. The van der Waals surface area contributed by atoms with Crippen LogP contribution in [0.2, 0.25) is 0 Å². The SMILES string of the molecule is N#Cc1ccc(-c2ccc(OCCCN3CCN(C(=O)CN)CC3)cc2)cc1. The number of benzene rings is 2. The zero-order valence-electron chi connectivity index (χ0n) is 16.0. The Bertz CT molecular complexity index is 804. The smallest absolute Gasteiger partial charge is 0.236 e. The van der Waals surface area contributed by atoms with Gasteiger partial charge < -0.3 is 15.4 Å². The van der Waals surface area contributed by atoms with Gasteiger partial charge in [0.2, 0.25) is 5.91 Å². The van der Waals surface area contributed by atoms with Crippen LogP contribution in [0.1, 0.15) is 12.0 Å². The fourth-order valence-corrected chi connectivity index (χ4v) is 3.31. The van der Waals surface area contributed by atoms with Gasteiger partial charge >= 0.3 is 0 Å². The van der Waals surface area contributed by atoms with E-state index in [0.717, 1.165) is 56.0 Å². The number of hydrogen-bond donors (Lipinski definition) is 1. The monoisotopic (exact) mass is 378 g/mol. The molecule has 0 aromatic heterocycles. The summed E-state index contributed by atoms with van der Waals surface area (Å²) < 4.78 is 5.85. The number of piperazine rings is 1. The molecule has 6 heteroatoms. The number of nitrogens with zero attached hydrogens (tertiary/aromatic N) is 3. The van der Waals surface area contributed by atoms with Crippen molar-refractivity contribution >= 4 is 5.91 Å². The first-order valence-electron chi connectivity index (χ1n) is 9.63. The van der Waals surface area contributed by atoms with Crippen LogP contribution in [-0.4, -0.2) is 61.6 Å². The van der Waals surface area contributed by atoms with Crippen LogP contribution >= 0.6 is 0 Å². The van der Waals surface area contributed by atoms with Crippen molar-refractivity contribution in [2.75, 3.05) is 45.9 Å². The van der Waals surface area contributed by atoms with Crippen molar-refractivity contribution < 1.29 is 9.53 Å². The van der Waals surface area contributed by atoms with Crippen LogP contribution in [-0.2, 0) is 4.79 Å². The second-order valence-corrected chi connectivity index (χ2v) is 6.84. The van der Waals surface area contributed by atoms with E-state index < -0.39 is 0 Å². The second-order valence-electron chi connectivity index (χ2n) is 6.84. The van der Waals surface area contributed by atoms with Gasteiger partial charge in [-0.05, 0) is 41.8 Å². The summed E-state index contributed by atoms with van der Waals surface area (Å²) >= 11 is 0. The highest BCUT2D eigenvalue weighted by Gasteiger charge is 2.19. The summed E-state index contributed by atoms with van der Waals surface area (Å²) in [5, 5.41) is 8.88. The molecule has 28 heavy (non-hydrogen) atoms. The molecule has 2 N–H and O–H groups in total. The van der Waals surface area contributed by atoms with Gasteiger partial charge in [0.25, 0.3) is 0 Å². The second kappa shape index (κ2) is 9.88. The van der Waals surface area contributed by atoms with Gasteiger partial charge in [-0.25, -0.2) is 0 Å². The van der Waals surface area contributed by atoms with E-state index in [0.29, 0.717) is 12.2 Å². The molecule has 6 nitrogen and oxygen atoms in total. The van der Waals surface area contributed by atoms with Crippen LogP contribution in [0.4, 0.5) is 0 Å². The number of carbonyl (C=O) groups is 1. The van der Waals surface area contributed by atoms with Crippen molar-refractivity contribution in [3.8, 4) is 22.9 Å². The van der Waals surface area contributed by atoms with Crippen molar-refractivity contribution in [3.63, 3.8) is 0 Å². The quantitative estimate of drug-likeness (QED) is 0.746. The Morgan fingerprint density at radius 2 is 1.61 bits per heavy atom. The van der Waals surface area contributed by atoms with E-state index in [2.05, 4.69) is 11.0 Å². The van der Waals surface area contributed by atoms with E-state index in [1.54, 1.807) is 0 Å². The lowest BCUT2D eigenvalue weighted by molar-refractivity contribution is -0.131. The average Bonchev–Trinajstić information content (AvgIpc) is 2.77. The molecule has 0 aliphatic carbocycles. The maximum atomic E-state index is 11.6. The van der Waals surface area contributed by atoms with Gasteiger partial charge in [-0.2, -0.15) is 5.26 Å². The lowest BCUT2D eigenvalue weighted by atomic mass is 10.0. The van der Waals surface area contributed by atoms with Crippen molar-refractivity contribution in [1.82, 2.24) is 9.80 Å². The van der Waals surface area contributed by atoms with Crippen LogP contribution in [0.25, 0.3) is 11.1 Å². The minimum absolute atomic E-state index is 0.0347. The van der Waals surface area contributed by atoms with Crippen molar-refractivity contribution in [2.45, 2.75) is 6.42 Å². The molecule has 0 atom stereocenters. The molecule has 1 heterocycles. The Morgan fingerprint density at radius 3 is 2.18 bits per heavy atom. The number of ether oxygens (including phenoxy) is 1. The minimum Gasteiger partial charge on any atom is -0.494 e. The van der Waals surface area contributed by atoms with Gasteiger partial charge in [0.15, 0.2) is 0 Å². The lowest BCUT2D eigenvalue weighted by Gasteiger charge is -2.34. The van der Waals surface area contributed by atoms with E-state index in [-0.39, 0.29) is 12.5 Å². The highest BCUT2D eigenvalue weighted by Crippen LogP contribution is 2.22. The first-order valence-corrected chi connectivity index (χ1v) is 9.63. The average molecular weight is 378 g/mol. The van der Waals surface area contributed by atoms with Crippen LogP contribution < -0.4 is 10.5 Å². The molecule has 2 aromatic rings. The maximum Gasteiger partial charge on any atom is 0.236 e. The fraction of sp³-hybridized carbons (Fsp3) is 0.364. The minimum atomic E-state index is 0.0347. The Hall–Kier alpha value is -2.88. The number of amides is 1. The zero-order valence-corrected chi connectivity index (χ0v) is 16.0. The molecule has 1 aliphatic heterocycles. The molecule has 1 fully saturated rings. The Balaban J connectivity index is 1.38. The predicted molar refractivity (Wildman–Crippen MR) is 109 cm³/mol. The van der Waals surface area contributed by atoms with Gasteiger partial charge in [-0.15, -0.1) is 0 Å². The van der Waals surface area contributed by atoms with E-state index in [4.69, 9.17) is 15.7 Å². The number of carbonyl (C=O) groups excluding carboxylic acids is 1. The summed E-state index contributed by atoms with van der Waals surface area (Å²) in [5.41, 5.74) is 8.26.